The lowest BCUT2D eigenvalue weighted by atomic mass is 10.2. The predicted molar refractivity (Wildman–Crippen MR) is 76.1 cm³/mol. The quantitative estimate of drug-likeness (QED) is 0.588. The second kappa shape index (κ2) is 6.16. The summed E-state index contributed by atoms with van der Waals surface area (Å²) in [6.07, 6.45) is 1.46. The van der Waals surface area contributed by atoms with Crippen LogP contribution in [0.2, 0.25) is 0 Å². The number of carbonyl (C=O) groups excluding carboxylic acids is 1. The molecule has 0 radical (unpaired) electrons. The molecule has 0 aliphatic heterocycles. The largest absolute Gasteiger partial charge is 0.508 e. The summed E-state index contributed by atoms with van der Waals surface area (Å²) in [5.41, 5.74) is 3.45. The van der Waals surface area contributed by atoms with Gasteiger partial charge in [-0.05, 0) is 19.1 Å². The molecule has 2 aromatic rings. The second-order valence-corrected chi connectivity index (χ2v) is 5.13. The molecule has 0 saturated heterocycles. The zero-order chi connectivity index (χ0) is 14.5. The summed E-state index contributed by atoms with van der Waals surface area (Å²) in [6, 6.07) is 4.10. The van der Waals surface area contributed by atoms with Gasteiger partial charge >= 0.3 is 0 Å². The van der Waals surface area contributed by atoms with Crippen molar-refractivity contribution in [3.63, 3.8) is 0 Å². The van der Waals surface area contributed by atoms with Crippen LogP contribution in [0.15, 0.2) is 28.7 Å². The molecule has 20 heavy (non-hydrogen) atoms. The Hall–Kier alpha value is -2.41. The highest BCUT2D eigenvalue weighted by atomic mass is 32.1. The molecular weight excluding hydrogens is 278 g/mol. The van der Waals surface area contributed by atoms with Gasteiger partial charge in [0.15, 0.2) is 0 Å². The van der Waals surface area contributed by atoms with E-state index in [2.05, 4.69) is 15.5 Å². The van der Waals surface area contributed by atoms with Crippen LogP contribution in [0.3, 0.4) is 0 Å². The SMILES string of the molecule is Cc1nc(CC(=O)N/N=C/c2ccc(O)cc2O)cs1. The number of nitrogens with zero attached hydrogens (tertiary/aromatic N) is 2. The van der Waals surface area contributed by atoms with Gasteiger partial charge in [-0.3, -0.25) is 4.79 Å². The molecule has 1 heterocycles. The Morgan fingerprint density at radius 1 is 1.50 bits per heavy atom. The number of rotatable bonds is 4. The fourth-order valence-corrected chi connectivity index (χ4v) is 2.12. The van der Waals surface area contributed by atoms with Gasteiger partial charge in [0.25, 0.3) is 0 Å². The first-order valence-corrected chi connectivity index (χ1v) is 6.67. The van der Waals surface area contributed by atoms with Crippen LogP contribution in [0.25, 0.3) is 0 Å². The molecule has 0 bridgehead atoms. The van der Waals surface area contributed by atoms with Crippen LogP contribution in [-0.4, -0.2) is 27.3 Å². The highest BCUT2D eigenvalue weighted by Gasteiger charge is 2.05. The first-order chi connectivity index (χ1) is 9.54. The Morgan fingerprint density at radius 3 is 2.95 bits per heavy atom. The summed E-state index contributed by atoms with van der Waals surface area (Å²) < 4.78 is 0. The fraction of sp³-hybridized carbons (Fsp3) is 0.154. The van der Waals surface area contributed by atoms with E-state index >= 15 is 0 Å². The summed E-state index contributed by atoms with van der Waals surface area (Å²) in [7, 11) is 0. The number of phenolic OH excluding ortho intramolecular Hbond substituents is 2. The van der Waals surface area contributed by atoms with E-state index in [1.165, 1.54) is 35.8 Å². The topological polar surface area (TPSA) is 94.8 Å². The standard InChI is InChI=1S/C13H13N3O3S/c1-8-15-10(7-20-8)4-13(19)16-14-6-9-2-3-11(17)5-12(9)18/h2-3,5-7,17-18H,4H2,1H3,(H,16,19)/b14-6+. The van der Waals surface area contributed by atoms with Crippen LogP contribution >= 0.6 is 11.3 Å². The van der Waals surface area contributed by atoms with Crippen LogP contribution in [0.4, 0.5) is 0 Å². The Kier molecular flexibility index (Phi) is 4.31. The minimum absolute atomic E-state index is 0.0393. The third kappa shape index (κ3) is 3.79. The Morgan fingerprint density at radius 2 is 2.30 bits per heavy atom. The molecule has 104 valence electrons. The summed E-state index contributed by atoms with van der Waals surface area (Å²) in [5, 5.41) is 25.1. The Balaban J connectivity index is 1.91. The lowest BCUT2D eigenvalue weighted by Crippen LogP contribution is -2.19. The highest BCUT2D eigenvalue weighted by Crippen LogP contribution is 2.20. The number of hydrazone groups is 1. The summed E-state index contributed by atoms with van der Waals surface area (Å²) >= 11 is 1.48. The van der Waals surface area contributed by atoms with Gasteiger partial charge in [-0.2, -0.15) is 5.10 Å². The molecule has 1 aromatic heterocycles. The lowest BCUT2D eigenvalue weighted by molar-refractivity contribution is -0.120. The average molecular weight is 291 g/mol. The molecule has 1 aromatic carbocycles. The van der Waals surface area contributed by atoms with Crippen LogP contribution in [0.5, 0.6) is 11.5 Å². The number of thiazole rings is 1. The summed E-state index contributed by atoms with van der Waals surface area (Å²) in [5.74, 6) is -0.439. The van der Waals surface area contributed by atoms with Gasteiger partial charge in [-0.1, -0.05) is 0 Å². The van der Waals surface area contributed by atoms with Gasteiger partial charge in [-0.15, -0.1) is 11.3 Å². The van der Waals surface area contributed by atoms with E-state index in [0.29, 0.717) is 11.3 Å². The third-order valence-electron chi connectivity index (χ3n) is 2.42. The molecule has 3 N–H and O–H groups in total. The monoisotopic (exact) mass is 291 g/mol. The number of aryl methyl sites for hydroxylation is 1. The number of hydrogen-bond acceptors (Lipinski definition) is 6. The molecule has 0 aliphatic rings. The van der Waals surface area contributed by atoms with Crippen molar-refractivity contribution in [3.05, 3.63) is 39.8 Å². The van der Waals surface area contributed by atoms with Crippen molar-refractivity contribution in [2.45, 2.75) is 13.3 Å². The first-order valence-electron chi connectivity index (χ1n) is 5.79. The summed E-state index contributed by atoms with van der Waals surface area (Å²) in [4.78, 5) is 15.8. The van der Waals surface area contributed by atoms with Crippen molar-refractivity contribution in [2.75, 3.05) is 0 Å². The van der Waals surface area contributed by atoms with E-state index in [-0.39, 0.29) is 23.8 Å². The number of hydrogen-bond donors (Lipinski definition) is 3. The molecule has 0 saturated carbocycles. The highest BCUT2D eigenvalue weighted by molar-refractivity contribution is 7.09. The van der Waals surface area contributed by atoms with Crippen molar-refractivity contribution in [2.24, 2.45) is 5.10 Å². The Bertz CT molecular complexity index is 652. The van der Waals surface area contributed by atoms with Gasteiger partial charge in [0, 0.05) is 17.0 Å². The van der Waals surface area contributed by atoms with Crippen LogP contribution < -0.4 is 5.43 Å². The summed E-state index contributed by atoms with van der Waals surface area (Å²) in [6.45, 7) is 1.87. The van der Waals surface area contributed by atoms with E-state index in [4.69, 9.17) is 5.11 Å². The fourth-order valence-electron chi connectivity index (χ4n) is 1.51. The van der Waals surface area contributed by atoms with E-state index in [0.717, 1.165) is 5.01 Å². The lowest BCUT2D eigenvalue weighted by Gasteiger charge is -2.00. The molecule has 0 aliphatic carbocycles. The van der Waals surface area contributed by atoms with E-state index in [9.17, 15) is 9.90 Å². The van der Waals surface area contributed by atoms with Gasteiger partial charge in [0.05, 0.1) is 23.3 Å². The second-order valence-electron chi connectivity index (χ2n) is 4.07. The average Bonchev–Trinajstić information content (AvgIpc) is 2.77. The molecule has 6 nitrogen and oxygen atoms in total. The maximum Gasteiger partial charge on any atom is 0.246 e. The van der Waals surface area contributed by atoms with Gasteiger partial charge in [0.1, 0.15) is 11.5 Å². The zero-order valence-electron chi connectivity index (χ0n) is 10.7. The molecule has 1 amide bonds. The number of aromatic nitrogens is 1. The number of benzene rings is 1. The number of nitrogens with one attached hydrogen (secondary N) is 1. The van der Waals surface area contributed by atoms with Crippen LogP contribution in [0, 0.1) is 6.92 Å². The normalized spacial score (nSPS) is 10.8. The molecular formula is C13H13N3O3S. The third-order valence-corrected chi connectivity index (χ3v) is 3.24. The van der Waals surface area contributed by atoms with Crippen molar-refractivity contribution < 1.29 is 15.0 Å². The van der Waals surface area contributed by atoms with E-state index in [1.54, 1.807) is 0 Å². The molecule has 0 spiro atoms. The minimum Gasteiger partial charge on any atom is -0.508 e. The van der Waals surface area contributed by atoms with E-state index in [1.807, 2.05) is 12.3 Å². The molecule has 7 heteroatoms. The van der Waals surface area contributed by atoms with Crippen molar-refractivity contribution in [1.82, 2.24) is 10.4 Å². The predicted octanol–water partition coefficient (Wildman–Crippen LogP) is 1.56. The Labute approximate surface area is 119 Å². The molecule has 0 unspecified atom stereocenters. The van der Waals surface area contributed by atoms with Gasteiger partial charge in [0.2, 0.25) is 5.91 Å². The molecule has 2 rings (SSSR count). The van der Waals surface area contributed by atoms with Crippen molar-refractivity contribution >= 4 is 23.5 Å². The number of aromatic hydroxyl groups is 2. The maximum absolute atomic E-state index is 11.6. The van der Waals surface area contributed by atoms with Crippen molar-refractivity contribution in [1.29, 1.82) is 0 Å². The smallest absolute Gasteiger partial charge is 0.246 e. The number of carbonyl (C=O) groups is 1. The number of amides is 1. The van der Waals surface area contributed by atoms with Gasteiger partial charge < -0.3 is 10.2 Å². The maximum atomic E-state index is 11.6. The zero-order valence-corrected chi connectivity index (χ0v) is 11.5. The van der Waals surface area contributed by atoms with E-state index < -0.39 is 0 Å². The first kappa shape index (κ1) is 14.0. The molecule has 0 atom stereocenters. The minimum atomic E-state index is -0.287. The van der Waals surface area contributed by atoms with Crippen LogP contribution in [0.1, 0.15) is 16.3 Å². The number of phenols is 2. The van der Waals surface area contributed by atoms with Gasteiger partial charge in [-0.25, -0.2) is 10.4 Å². The molecule has 0 fully saturated rings. The van der Waals surface area contributed by atoms with Crippen LogP contribution in [-0.2, 0) is 11.2 Å². The van der Waals surface area contributed by atoms with Crippen molar-refractivity contribution in [3.8, 4) is 11.5 Å².